The van der Waals surface area contributed by atoms with E-state index in [9.17, 15) is 0 Å². The summed E-state index contributed by atoms with van der Waals surface area (Å²) in [7, 11) is 1.48. The van der Waals surface area contributed by atoms with Crippen molar-refractivity contribution in [3.8, 4) is 5.88 Å². The summed E-state index contributed by atoms with van der Waals surface area (Å²) in [4.78, 5) is 22.5. The van der Waals surface area contributed by atoms with E-state index in [1.54, 1.807) is 16.9 Å². The first-order valence-electron chi connectivity index (χ1n) is 7.94. The highest BCUT2D eigenvalue weighted by Gasteiger charge is 2.26. The number of methoxy groups -OCH3 is 1. The monoisotopic (exact) mass is 352 g/mol. The molecular weight excluding hydrogens is 336 g/mol. The highest BCUT2D eigenvalue weighted by Crippen LogP contribution is 2.26. The van der Waals surface area contributed by atoms with Gasteiger partial charge in [0.2, 0.25) is 17.8 Å². The number of hydrogen-bond donors (Lipinski definition) is 2. The lowest BCUT2D eigenvalue weighted by Crippen LogP contribution is -2.27. The molecular formula is C15H16N10O. The van der Waals surface area contributed by atoms with Gasteiger partial charge in [-0.15, -0.1) is 5.10 Å². The molecule has 4 rings (SSSR count). The Hall–Kier alpha value is -3.68. The molecule has 3 aromatic heterocycles. The maximum atomic E-state index is 7.08. The Morgan fingerprint density at radius 1 is 1.38 bits per heavy atom. The van der Waals surface area contributed by atoms with Crippen LogP contribution in [0.5, 0.6) is 5.88 Å². The van der Waals surface area contributed by atoms with Crippen molar-refractivity contribution in [2.45, 2.75) is 12.5 Å². The molecule has 0 aromatic carbocycles. The number of nitrogens with one attached hydrogen (secondary N) is 1. The summed E-state index contributed by atoms with van der Waals surface area (Å²) in [5, 5.41) is 7.39. The Morgan fingerprint density at radius 2 is 2.27 bits per heavy atom. The number of fused-ring (bicyclic) bond motifs is 1. The van der Waals surface area contributed by atoms with Crippen LogP contribution in [0.15, 0.2) is 18.6 Å². The van der Waals surface area contributed by atoms with Crippen LogP contribution in [0, 0.1) is 6.57 Å². The normalized spacial score (nSPS) is 16.6. The van der Waals surface area contributed by atoms with E-state index < -0.39 is 0 Å². The number of nitrogens with two attached hydrogens (primary N) is 1. The van der Waals surface area contributed by atoms with Crippen LogP contribution in [0.1, 0.15) is 6.42 Å². The maximum absolute atomic E-state index is 7.08. The highest BCUT2D eigenvalue weighted by atomic mass is 16.5. The summed E-state index contributed by atoms with van der Waals surface area (Å²) in [5.74, 6) is 1.65. The molecule has 132 valence electrons. The fraction of sp³-hybridized carbons (Fsp3) is 0.333. The zero-order chi connectivity index (χ0) is 18.1. The van der Waals surface area contributed by atoms with Gasteiger partial charge < -0.3 is 20.7 Å². The van der Waals surface area contributed by atoms with Crippen LogP contribution in [0.4, 0.5) is 23.4 Å². The minimum absolute atomic E-state index is 0.126. The predicted molar refractivity (Wildman–Crippen MR) is 94.3 cm³/mol. The summed E-state index contributed by atoms with van der Waals surface area (Å²) in [6.07, 6.45) is 5.72. The zero-order valence-electron chi connectivity index (χ0n) is 14.0. The second-order valence-electron chi connectivity index (χ2n) is 5.76. The summed E-state index contributed by atoms with van der Waals surface area (Å²) < 4.78 is 6.75. The molecule has 0 radical (unpaired) electrons. The van der Waals surface area contributed by atoms with Crippen LogP contribution in [-0.2, 0) is 0 Å². The molecule has 0 spiro atoms. The fourth-order valence-electron chi connectivity index (χ4n) is 2.95. The largest absolute Gasteiger partial charge is 0.490 e. The van der Waals surface area contributed by atoms with Gasteiger partial charge in [0.15, 0.2) is 11.5 Å². The lowest BCUT2D eigenvalue weighted by atomic mass is 10.3. The smallest absolute Gasteiger partial charge is 0.264 e. The van der Waals surface area contributed by atoms with E-state index in [1.165, 1.54) is 13.3 Å². The van der Waals surface area contributed by atoms with Crippen LogP contribution in [-0.4, -0.2) is 55.8 Å². The van der Waals surface area contributed by atoms with Crippen LogP contribution in [0.3, 0.4) is 0 Å². The first-order valence-corrected chi connectivity index (χ1v) is 7.94. The Labute approximate surface area is 148 Å². The molecule has 0 bridgehead atoms. The van der Waals surface area contributed by atoms with Crippen LogP contribution in [0.2, 0.25) is 0 Å². The van der Waals surface area contributed by atoms with E-state index in [-0.39, 0.29) is 23.6 Å². The van der Waals surface area contributed by atoms with Crippen molar-refractivity contribution in [2.24, 2.45) is 0 Å². The van der Waals surface area contributed by atoms with Gasteiger partial charge in [-0.2, -0.15) is 9.97 Å². The number of hydrogen-bond acceptors (Lipinski definition) is 9. The molecule has 11 nitrogen and oxygen atoms in total. The van der Waals surface area contributed by atoms with Crippen molar-refractivity contribution in [1.82, 2.24) is 29.5 Å². The van der Waals surface area contributed by atoms with Gasteiger partial charge >= 0.3 is 0 Å². The van der Waals surface area contributed by atoms with Crippen molar-refractivity contribution >= 4 is 29.0 Å². The van der Waals surface area contributed by atoms with Gasteiger partial charge in [-0.1, -0.05) is 0 Å². The topological polar surface area (TPSA) is 124 Å². The second-order valence-corrected chi connectivity index (χ2v) is 5.76. The number of rotatable bonds is 4. The van der Waals surface area contributed by atoms with Crippen LogP contribution >= 0.6 is 0 Å². The fourth-order valence-corrected chi connectivity index (χ4v) is 2.95. The van der Waals surface area contributed by atoms with E-state index in [2.05, 4.69) is 40.1 Å². The van der Waals surface area contributed by atoms with E-state index in [0.717, 1.165) is 18.8 Å². The number of nitrogen functional groups attached to an aromatic ring is 1. The van der Waals surface area contributed by atoms with Crippen molar-refractivity contribution in [3.05, 3.63) is 30.0 Å². The standard InChI is InChI=1S/C15H16N10O/c1-17-10-7-19-15(22-13(10)26-2)20-9-3-5-24(8-9)11-12-21-14(16)23-25(12)6-4-18-11/h4,6-7,9H,3,5,8H2,2H3,(H2,16,23)(H,19,20,22)/t9-/m1/s1. The molecule has 3 N–H and O–H groups in total. The van der Waals surface area contributed by atoms with E-state index in [1.807, 2.05) is 0 Å². The Kier molecular flexibility index (Phi) is 3.85. The number of anilines is 3. The van der Waals surface area contributed by atoms with Crippen LogP contribution < -0.4 is 20.7 Å². The molecule has 1 aliphatic heterocycles. The highest BCUT2D eigenvalue weighted by molar-refractivity contribution is 5.65. The molecule has 3 aromatic rings. The third-order valence-corrected chi connectivity index (χ3v) is 4.12. The molecule has 0 aliphatic carbocycles. The van der Waals surface area contributed by atoms with E-state index in [4.69, 9.17) is 17.0 Å². The summed E-state index contributed by atoms with van der Waals surface area (Å²) in [5.41, 5.74) is 6.60. The van der Waals surface area contributed by atoms with Crippen molar-refractivity contribution < 1.29 is 4.74 Å². The molecule has 1 fully saturated rings. The SMILES string of the molecule is [C-]#[N+]c1cnc(N[C@@H]2CCN(c3nccn4nc(N)nc34)C2)nc1OC. The molecule has 4 heterocycles. The maximum Gasteiger partial charge on any atom is 0.264 e. The van der Waals surface area contributed by atoms with E-state index >= 15 is 0 Å². The first kappa shape index (κ1) is 15.8. The average molecular weight is 352 g/mol. The zero-order valence-corrected chi connectivity index (χ0v) is 14.0. The minimum Gasteiger partial charge on any atom is -0.490 e. The van der Waals surface area contributed by atoms with Gasteiger partial charge in [0.1, 0.15) is 0 Å². The first-order chi connectivity index (χ1) is 12.7. The molecule has 1 aliphatic rings. The summed E-state index contributed by atoms with van der Waals surface area (Å²) in [6.45, 7) is 8.58. The minimum atomic E-state index is 0.126. The van der Waals surface area contributed by atoms with Gasteiger partial charge in [0.05, 0.1) is 13.7 Å². The van der Waals surface area contributed by atoms with Crippen molar-refractivity contribution in [2.75, 3.05) is 36.1 Å². The Morgan fingerprint density at radius 3 is 3.08 bits per heavy atom. The third-order valence-electron chi connectivity index (χ3n) is 4.12. The molecule has 0 saturated carbocycles. The van der Waals surface area contributed by atoms with E-state index in [0.29, 0.717) is 18.1 Å². The number of nitrogens with zero attached hydrogens (tertiary/aromatic N) is 8. The Bertz CT molecular complexity index is 994. The summed E-state index contributed by atoms with van der Waals surface area (Å²) in [6, 6.07) is 0.126. The van der Waals surface area contributed by atoms with Crippen molar-refractivity contribution in [1.29, 1.82) is 0 Å². The molecule has 0 unspecified atom stereocenters. The summed E-state index contributed by atoms with van der Waals surface area (Å²) >= 11 is 0. The number of ether oxygens (including phenoxy) is 1. The molecule has 0 amide bonds. The molecule has 1 atom stereocenters. The van der Waals surface area contributed by atoms with Gasteiger partial charge in [0.25, 0.3) is 5.69 Å². The Balaban J connectivity index is 1.51. The second kappa shape index (κ2) is 6.32. The third kappa shape index (κ3) is 2.77. The van der Waals surface area contributed by atoms with Crippen molar-refractivity contribution in [3.63, 3.8) is 0 Å². The quantitative estimate of drug-likeness (QED) is 0.654. The molecule has 1 saturated heterocycles. The van der Waals surface area contributed by atoms with Gasteiger partial charge in [-0.25, -0.2) is 19.3 Å². The van der Waals surface area contributed by atoms with Gasteiger partial charge in [0, 0.05) is 37.7 Å². The molecule has 26 heavy (non-hydrogen) atoms. The molecule has 11 heteroatoms. The predicted octanol–water partition coefficient (Wildman–Crippen LogP) is 0.747. The lowest BCUT2D eigenvalue weighted by molar-refractivity contribution is 0.400. The number of aromatic nitrogens is 6. The lowest BCUT2D eigenvalue weighted by Gasteiger charge is -2.18. The van der Waals surface area contributed by atoms with Gasteiger partial charge in [-0.05, 0) is 6.42 Å². The van der Waals surface area contributed by atoms with Crippen LogP contribution in [0.25, 0.3) is 10.5 Å². The average Bonchev–Trinajstić information content (AvgIpc) is 3.26. The van der Waals surface area contributed by atoms with Gasteiger partial charge in [-0.3, -0.25) is 0 Å².